The van der Waals surface area contributed by atoms with Crippen LogP contribution in [0.2, 0.25) is 0 Å². The lowest BCUT2D eigenvalue weighted by Gasteiger charge is -2.36. The van der Waals surface area contributed by atoms with Crippen molar-refractivity contribution in [3.63, 3.8) is 0 Å². The van der Waals surface area contributed by atoms with E-state index >= 15 is 0 Å². The van der Waals surface area contributed by atoms with Gasteiger partial charge in [-0.1, -0.05) is 12.5 Å². The largest absolute Gasteiger partial charge is 0.469 e. The predicted molar refractivity (Wildman–Crippen MR) is 94.8 cm³/mol. The summed E-state index contributed by atoms with van der Waals surface area (Å²) in [5.41, 5.74) is 2.33. The zero-order chi connectivity index (χ0) is 17.1. The Balaban J connectivity index is 1.45. The molecule has 2 atom stereocenters. The lowest BCUT2D eigenvalue weighted by molar-refractivity contribution is -0.128. The molecule has 0 bridgehead atoms. The van der Waals surface area contributed by atoms with Gasteiger partial charge in [0.2, 0.25) is 5.91 Å². The fourth-order valence-corrected chi connectivity index (χ4v) is 4.11. The van der Waals surface area contributed by atoms with Crippen LogP contribution in [0.4, 0.5) is 0 Å². The van der Waals surface area contributed by atoms with Crippen LogP contribution in [0.3, 0.4) is 0 Å². The molecule has 5 nitrogen and oxygen atoms in total. The molecule has 0 unspecified atom stereocenters. The number of pyridine rings is 1. The van der Waals surface area contributed by atoms with Crippen molar-refractivity contribution in [2.45, 2.75) is 57.2 Å². The minimum absolute atomic E-state index is 0.0498. The first-order valence-corrected chi connectivity index (χ1v) is 9.31. The van der Waals surface area contributed by atoms with Crippen LogP contribution in [0.5, 0.6) is 0 Å². The molecule has 2 aromatic rings. The number of likely N-dealkylation sites (tertiary alicyclic amines) is 1. The molecule has 0 radical (unpaired) electrons. The van der Waals surface area contributed by atoms with Crippen LogP contribution < -0.4 is 5.32 Å². The second-order valence-corrected chi connectivity index (χ2v) is 7.10. The summed E-state index contributed by atoms with van der Waals surface area (Å²) in [6, 6.07) is 6.09. The number of furan rings is 1. The topological polar surface area (TPSA) is 58.4 Å². The maximum atomic E-state index is 13.0. The van der Waals surface area contributed by atoms with E-state index in [9.17, 15) is 4.79 Å². The number of aromatic nitrogens is 1. The van der Waals surface area contributed by atoms with Crippen molar-refractivity contribution in [2.75, 3.05) is 6.54 Å². The Morgan fingerprint density at radius 1 is 1.28 bits per heavy atom. The van der Waals surface area contributed by atoms with Crippen molar-refractivity contribution >= 4 is 5.91 Å². The Bertz CT molecular complexity index is 713. The van der Waals surface area contributed by atoms with E-state index in [4.69, 9.17) is 4.42 Å². The molecular weight excluding hydrogens is 314 g/mol. The van der Waals surface area contributed by atoms with Gasteiger partial charge in [-0.25, -0.2) is 0 Å². The molecule has 1 saturated heterocycles. The van der Waals surface area contributed by atoms with Gasteiger partial charge in [0.1, 0.15) is 5.76 Å². The normalized spacial score (nSPS) is 23.8. The Morgan fingerprint density at radius 3 is 3.12 bits per heavy atom. The summed E-state index contributed by atoms with van der Waals surface area (Å²) >= 11 is 0. The Labute approximate surface area is 148 Å². The highest BCUT2D eigenvalue weighted by Gasteiger charge is 2.32. The van der Waals surface area contributed by atoms with E-state index in [1.165, 1.54) is 0 Å². The van der Waals surface area contributed by atoms with E-state index < -0.39 is 0 Å². The third kappa shape index (κ3) is 3.61. The highest BCUT2D eigenvalue weighted by Crippen LogP contribution is 2.31. The van der Waals surface area contributed by atoms with Crippen LogP contribution in [-0.2, 0) is 17.8 Å². The predicted octanol–water partition coefficient (Wildman–Crippen LogP) is 3.22. The number of hydrogen-bond acceptors (Lipinski definition) is 4. The van der Waals surface area contributed by atoms with E-state index in [0.29, 0.717) is 0 Å². The smallest absolute Gasteiger partial charge is 0.237 e. The van der Waals surface area contributed by atoms with Crippen molar-refractivity contribution < 1.29 is 9.21 Å². The summed E-state index contributed by atoms with van der Waals surface area (Å²) in [5.74, 6) is 1.19. The first-order valence-electron chi connectivity index (χ1n) is 9.31. The van der Waals surface area contributed by atoms with E-state index in [-0.39, 0.29) is 18.0 Å². The van der Waals surface area contributed by atoms with Gasteiger partial charge in [-0.15, -0.1) is 0 Å². The maximum Gasteiger partial charge on any atom is 0.237 e. The number of piperidine rings is 1. The van der Waals surface area contributed by atoms with Crippen LogP contribution in [-0.4, -0.2) is 28.4 Å². The van der Waals surface area contributed by atoms with Gasteiger partial charge >= 0.3 is 0 Å². The first-order chi connectivity index (χ1) is 12.3. The number of amides is 1. The molecule has 5 heteroatoms. The number of carbonyl (C=O) groups is 1. The molecule has 0 saturated carbocycles. The van der Waals surface area contributed by atoms with Gasteiger partial charge in [0.25, 0.3) is 0 Å². The average molecular weight is 339 g/mol. The van der Waals surface area contributed by atoms with Crippen LogP contribution in [0.1, 0.15) is 55.0 Å². The maximum absolute atomic E-state index is 13.0. The summed E-state index contributed by atoms with van der Waals surface area (Å²) in [4.78, 5) is 19.5. The minimum Gasteiger partial charge on any atom is -0.469 e. The van der Waals surface area contributed by atoms with Crippen molar-refractivity contribution in [3.05, 3.63) is 53.7 Å². The number of nitrogens with zero attached hydrogens (tertiary/aromatic N) is 2. The third-order valence-electron chi connectivity index (χ3n) is 5.39. The van der Waals surface area contributed by atoms with Gasteiger partial charge in [0, 0.05) is 30.9 Å². The van der Waals surface area contributed by atoms with E-state index in [1.807, 2.05) is 18.3 Å². The summed E-state index contributed by atoms with van der Waals surface area (Å²) in [6.07, 6.45) is 11.6. The van der Waals surface area contributed by atoms with Crippen LogP contribution in [0, 0.1) is 0 Å². The van der Waals surface area contributed by atoms with Crippen LogP contribution in [0.25, 0.3) is 0 Å². The third-order valence-corrected chi connectivity index (χ3v) is 5.39. The molecule has 3 heterocycles. The Hall–Kier alpha value is -2.14. The molecule has 0 spiro atoms. The van der Waals surface area contributed by atoms with Crippen molar-refractivity contribution in [1.29, 1.82) is 0 Å². The van der Waals surface area contributed by atoms with Gasteiger partial charge in [-0.2, -0.15) is 0 Å². The Morgan fingerprint density at radius 2 is 2.24 bits per heavy atom. The molecule has 1 N–H and O–H groups in total. The molecule has 132 valence electrons. The van der Waals surface area contributed by atoms with Gasteiger partial charge in [0.05, 0.1) is 18.3 Å². The SMILES string of the molecule is O=C(N[C@H]1CCCc2occc21)[C@@H]1CCCCN1Cc1cccnc1. The fourth-order valence-electron chi connectivity index (χ4n) is 4.11. The van der Waals surface area contributed by atoms with Gasteiger partial charge < -0.3 is 9.73 Å². The Kier molecular flexibility index (Phi) is 4.83. The summed E-state index contributed by atoms with van der Waals surface area (Å²) in [7, 11) is 0. The van der Waals surface area contributed by atoms with Crippen molar-refractivity contribution in [2.24, 2.45) is 0 Å². The highest BCUT2D eigenvalue weighted by molar-refractivity contribution is 5.82. The highest BCUT2D eigenvalue weighted by atomic mass is 16.3. The zero-order valence-electron chi connectivity index (χ0n) is 14.5. The minimum atomic E-state index is -0.0498. The van der Waals surface area contributed by atoms with Crippen LogP contribution >= 0.6 is 0 Å². The average Bonchev–Trinajstić information content (AvgIpc) is 3.13. The van der Waals surface area contributed by atoms with Crippen molar-refractivity contribution in [3.8, 4) is 0 Å². The van der Waals surface area contributed by atoms with E-state index in [1.54, 1.807) is 12.5 Å². The molecule has 2 aliphatic rings. The molecule has 1 amide bonds. The number of aryl methyl sites for hydroxylation is 1. The first kappa shape index (κ1) is 16.3. The number of nitrogens with one attached hydrogen (secondary N) is 1. The lowest BCUT2D eigenvalue weighted by Crippen LogP contribution is -2.50. The second kappa shape index (κ2) is 7.40. The lowest BCUT2D eigenvalue weighted by atomic mass is 9.92. The van der Waals surface area contributed by atoms with Gasteiger partial charge in [-0.05, 0) is 49.9 Å². The summed E-state index contributed by atoms with van der Waals surface area (Å²) in [6.45, 7) is 1.75. The van der Waals surface area contributed by atoms with Crippen molar-refractivity contribution in [1.82, 2.24) is 15.2 Å². The zero-order valence-corrected chi connectivity index (χ0v) is 14.5. The fraction of sp³-hybridized carbons (Fsp3) is 0.500. The number of fused-ring (bicyclic) bond motifs is 1. The van der Waals surface area contributed by atoms with E-state index in [2.05, 4.69) is 21.3 Å². The van der Waals surface area contributed by atoms with Crippen LogP contribution in [0.15, 0.2) is 41.3 Å². The monoisotopic (exact) mass is 339 g/mol. The molecule has 1 aliphatic heterocycles. The summed E-state index contributed by atoms with van der Waals surface area (Å²) in [5, 5.41) is 3.29. The molecule has 1 fully saturated rings. The molecule has 1 aliphatic carbocycles. The molecular formula is C20H25N3O2. The van der Waals surface area contributed by atoms with Gasteiger partial charge in [-0.3, -0.25) is 14.7 Å². The number of carbonyl (C=O) groups excluding carboxylic acids is 1. The number of rotatable bonds is 4. The molecule has 25 heavy (non-hydrogen) atoms. The van der Waals surface area contributed by atoms with Gasteiger partial charge in [0.15, 0.2) is 0 Å². The quantitative estimate of drug-likeness (QED) is 0.929. The van der Waals surface area contributed by atoms with E-state index in [0.717, 1.165) is 68.5 Å². The summed E-state index contributed by atoms with van der Waals surface area (Å²) < 4.78 is 5.54. The molecule has 2 aromatic heterocycles. The standard InChI is InChI=1S/C20H25N3O2/c24-20(22-17-6-3-8-19-16(17)9-12-25-19)18-7-1-2-11-23(18)14-15-5-4-10-21-13-15/h4-5,9-10,12-13,17-18H,1-3,6-8,11,14H2,(H,22,24)/t17-,18-/m0/s1. The molecule has 0 aromatic carbocycles. The number of hydrogen-bond donors (Lipinski definition) is 1. The second-order valence-electron chi connectivity index (χ2n) is 7.10. The molecule has 4 rings (SSSR count).